The van der Waals surface area contributed by atoms with Gasteiger partial charge in [0, 0.05) is 0 Å². The molecule has 5 heteroatoms. The maximum absolute atomic E-state index is 12.9. The van der Waals surface area contributed by atoms with E-state index in [-0.39, 0.29) is 16.7 Å². The second kappa shape index (κ2) is 12.4. The fourth-order valence-corrected chi connectivity index (χ4v) is 23.5. The van der Waals surface area contributed by atoms with E-state index in [1.807, 2.05) is 6.08 Å². The number of carbonyl (C=O) groups is 1. The van der Waals surface area contributed by atoms with Crippen molar-refractivity contribution in [2.24, 2.45) is 5.41 Å². The van der Waals surface area contributed by atoms with E-state index in [1.165, 1.54) is 58.9 Å². The first-order chi connectivity index (χ1) is 12.6. The zero-order valence-corrected chi connectivity index (χ0v) is 20.2. The third kappa shape index (κ3) is 5.71. The topological polar surface area (TPSA) is 55.8 Å². The second-order valence-electron chi connectivity index (χ2n) is 7.79. The van der Waals surface area contributed by atoms with Gasteiger partial charge in [-0.05, 0) is 0 Å². The van der Waals surface area contributed by atoms with E-state index >= 15 is 0 Å². The fraction of sp³-hybridized carbons (Fsp3) is 0.857. The third-order valence-corrected chi connectivity index (χ3v) is 22.7. The Bertz CT molecular complexity index is 416. The van der Waals surface area contributed by atoms with Crippen molar-refractivity contribution >= 4 is 24.3 Å². The van der Waals surface area contributed by atoms with Gasteiger partial charge in [-0.1, -0.05) is 0 Å². The Kier molecular flexibility index (Phi) is 11.4. The number of rotatable bonds is 13. The summed E-state index contributed by atoms with van der Waals surface area (Å²) in [5, 5.41) is 9.35. The summed E-state index contributed by atoms with van der Waals surface area (Å²) in [6.45, 7) is 7.34. The Hall–Kier alpha value is -0.0713. The van der Waals surface area contributed by atoms with E-state index in [1.54, 1.807) is 6.08 Å². The van der Waals surface area contributed by atoms with E-state index in [9.17, 15) is 9.90 Å². The average Bonchev–Trinajstić information content (AvgIpc) is 3.11. The van der Waals surface area contributed by atoms with Crippen LogP contribution < -0.4 is 0 Å². The van der Waals surface area contributed by atoms with Gasteiger partial charge in [0.1, 0.15) is 0 Å². The zero-order valence-electron chi connectivity index (χ0n) is 17.4. The van der Waals surface area contributed by atoms with Crippen molar-refractivity contribution in [3.8, 4) is 0 Å². The molecule has 0 saturated carbocycles. The number of hydrogen-bond acceptors (Lipinski definition) is 4. The molecule has 1 aliphatic rings. The molecule has 0 aromatic rings. The van der Waals surface area contributed by atoms with E-state index in [4.69, 9.17) is 9.47 Å². The molecule has 0 aromatic heterocycles. The minimum absolute atomic E-state index is 0.0386. The molecule has 4 nitrogen and oxygen atoms in total. The molecule has 1 rings (SSSR count). The fourth-order valence-electron chi connectivity index (χ4n) is 4.60. The Morgan fingerprint density at radius 2 is 1.69 bits per heavy atom. The molecule has 1 N–H and O–H groups in total. The van der Waals surface area contributed by atoms with E-state index in [0.717, 1.165) is 0 Å². The predicted octanol–water partition coefficient (Wildman–Crippen LogP) is 4.87. The number of ether oxygens (including phenoxy) is 2. The quantitative estimate of drug-likeness (QED) is 0.235. The number of aliphatic hydroxyl groups excluding tert-OH is 1. The molecule has 0 unspecified atom stereocenters. The number of hydrogen-bond donors (Lipinski definition) is 1. The SMILES string of the molecule is CCC[CH2][Sn]([CH2]CCC)([CH2]CCC)[C@H]1OCC[C@@]1(/C=C/CO)C(=O)OC. The van der Waals surface area contributed by atoms with Gasteiger partial charge in [-0.15, -0.1) is 0 Å². The number of methoxy groups -OCH3 is 1. The van der Waals surface area contributed by atoms with Crippen LogP contribution in [-0.4, -0.2) is 53.9 Å². The molecule has 2 atom stereocenters. The maximum atomic E-state index is 12.9. The molecule has 0 radical (unpaired) electrons. The minimum atomic E-state index is -2.79. The summed E-state index contributed by atoms with van der Waals surface area (Å²) in [4.78, 5) is 12.9. The molecule has 0 aromatic carbocycles. The Morgan fingerprint density at radius 3 is 2.12 bits per heavy atom. The molecular weight excluding hydrogens is 435 g/mol. The van der Waals surface area contributed by atoms with Crippen LogP contribution in [0.4, 0.5) is 0 Å². The van der Waals surface area contributed by atoms with E-state index in [2.05, 4.69) is 20.8 Å². The van der Waals surface area contributed by atoms with Gasteiger partial charge in [-0.25, -0.2) is 0 Å². The van der Waals surface area contributed by atoms with Crippen molar-refractivity contribution in [2.75, 3.05) is 20.3 Å². The van der Waals surface area contributed by atoms with Crippen LogP contribution in [0.3, 0.4) is 0 Å². The normalized spacial score (nSPS) is 23.7. The van der Waals surface area contributed by atoms with Gasteiger partial charge in [0.05, 0.1) is 0 Å². The summed E-state index contributed by atoms with van der Waals surface area (Å²) in [5.41, 5.74) is -0.678. The van der Waals surface area contributed by atoms with Gasteiger partial charge in [-0.2, -0.15) is 0 Å². The summed E-state index contributed by atoms with van der Waals surface area (Å²) >= 11 is -2.79. The predicted molar refractivity (Wildman–Crippen MR) is 110 cm³/mol. The number of carbonyl (C=O) groups excluding carboxylic acids is 1. The number of aliphatic hydroxyl groups is 1. The summed E-state index contributed by atoms with van der Waals surface area (Å²) in [7, 11) is 1.48. The molecule has 0 spiro atoms. The molecule has 26 heavy (non-hydrogen) atoms. The number of esters is 1. The standard InChI is InChI=1S/C9H13O4.3C4H9.Sn/c1-12-8(11)9(3-2-5-10)4-6-13-7-9;3*1-3-4-2;/h2-3,7,10H,4-6H2,1H3;3*1,3-4H2,2H3;/b3-2+;;;;/t9-;;;;/m1..../s1. The Labute approximate surface area is 164 Å². The molecule has 1 heterocycles. The Morgan fingerprint density at radius 1 is 1.15 bits per heavy atom. The molecule has 1 aliphatic heterocycles. The van der Waals surface area contributed by atoms with Crippen molar-refractivity contribution in [2.45, 2.75) is 83.1 Å². The second-order valence-corrected chi connectivity index (χ2v) is 21.3. The monoisotopic (exact) mass is 476 g/mol. The first-order valence-electron chi connectivity index (χ1n) is 10.6. The van der Waals surface area contributed by atoms with Gasteiger partial charge in [0.25, 0.3) is 0 Å². The van der Waals surface area contributed by atoms with Crippen LogP contribution in [0.1, 0.15) is 65.7 Å². The third-order valence-electron chi connectivity index (χ3n) is 6.00. The van der Waals surface area contributed by atoms with Crippen LogP contribution in [0.2, 0.25) is 13.3 Å². The van der Waals surface area contributed by atoms with Crippen molar-refractivity contribution < 1.29 is 19.4 Å². The van der Waals surface area contributed by atoms with Crippen LogP contribution >= 0.6 is 0 Å². The first kappa shape index (κ1) is 24.0. The molecule has 152 valence electrons. The summed E-state index contributed by atoms with van der Waals surface area (Å²) in [5.74, 6) is -0.171. The van der Waals surface area contributed by atoms with Crippen molar-refractivity contribution in [3.63, 3.8) is 0 Å². The zero-order chi connectivity index (χ0) is 19.5. The van der Waals surface area contributed by atoms with Crippen LogP contribution in [0, 0.1) is 5.41 Å². The molecule has 0 bridgehead atoms. The average molecular weight is 475 g/mol. The molecule has 0 aliphatic carbocycles. The summed E-state index contributed by atoms with van der Waals surface area (Å²) < 4.78 is 15.6. The summed E-state index contributed by atoms with van der Waals surface area (Å²) in [6.07, 6.45) is 11.6. The molecular formula is C21H40O4Sn. The molecule has 1 fully saturated rings. The van der Waals surface area contributed by atoms with Crippen LogP contribution in [-0.2, 0) is 14.3 Å². The van der Waals surface area contributed by atoms with Gasteiger partial charge in [0.15, 0.2) is 0 Å². The van der Waals surface area contributed by atoms with Crippen LogP contribution in [0.5, 0.6) is 0 Å². The van der Waals surface area contributed by atoms with Gasteiger partial charge in [0.2, 0.25) is 0 Å². The van der Waals surface area contributed by atoms with Crippen LogP contribution in [0.25, 0.3) is 0 Å². The first-order valence-corrected chi connectivity index (χ1v) is 18.3. The van der Waals surface area contributed by atoms with Crippen LogP contribution in [0.15, 0.2) is 12.2 Å². The van der Waals surface area contributed by atoms with Gasteiger partial charge < -0.3 is 0 Å². The molecule has 1 saturated heterocycles. The van der Waals surface area contributed by atoms with Gasteiger partial charge in [-0.3, -0.25) is 0 Å². The van der Waals surface area contributed by atoms with Crippen molar-refractivity contribution in [1.82, 2.24) is 0 Å². The van der Waals surface area contributed by atoms with E-state index < -0.39 is 23.8 Å². The Balaban J connectivity index is 3.35. The van der Waals surface area contributed by atoms with Crippen molar-refractivity contribution in [1.29, 1.82) is 0 Å². The molecule has 0 amide bonds. The van der Waals surface area contributed by atoms with E-state index in [0.29, 0.717) is 13.0 Å². The van der Waals surface area contributed by atoms with Gasteiger partial charge >= 0.3 is 165 Å². The summed E-state index contributed by atoms with van der Waals surface area (Å²) in [6, 6.07) is 0. The number of unbranched alkanes of at least 4 members (excludes halogenated alkanes) is 3. The van der Waals surface area contributed by atoms with Crippen molar-refractivity contribution in [3.05, 3.63) is 12.2 Å².